The molecule has 1 heterocycles. The van der Waals surface area contributed by atoms with E-state index in [2.05, 4.69) is 28.2 Å². The molecule has 0 saturated heterocycles. The summed E-state index contributed by atoms with van der Waals surface area (Å²) >= 11 is 0. The van der Waals surface area contributed by atoms with Crippen molar-refractivity contribution in [1.82, 2.24) is 9.97 Å². The minimum Gasteiger partial charge on any atom is -0.233 e. The lowest BCUT2D eigenvalue weighted by atomic mass is 10.0. The van der Waals surface area contributed by atoms with Crippen molar-refractivity contribution in [3.05, 3.63) is 84.7 Å². The number of rotatable bonds is 2. The summed E-state index contributed by atoms with van der Waals surface area (Å²) in [6.45, 7) is 1.87. The first-order valence-corrected chi connectivity index (χ1v) is 7.62. The molecule has 0 unspecified atom stereocenters. The quantitative estimate of drug-likeness (QED) is 0.503. The topological polar surface area (TPSA) is 25.8 Å². The van der Waals surface area contributed by atoms with Crippen LogP contribution in [0, 0.1) is 6.92 Å². The van der Waals surface area contributed by atoms with E-state index >= 15 is 0 Å². The third-order valence-corrected chi connectivity index (χ3v) is 3.88. The smallest absolute Gasteiger partial charge is 0.126 e. The summed E-state index contributed by atoms with van der Waals surface area (Å²) in [4.78, 5) is 9.15. The van der Waals surface area contributed by atoms with E-state index in [4.69, 9.17) is 1.37 Å². The Morgan fingerprint density at radius 2 is 1.39 bits per heavy atom. The van der Waals surface area contributed by atoms with Crippen LogP contribution in [0.1, 0.15) is 7.20 Å². The summed E-state index contributed by atoms with van der Waals surface area (Å²) in [5, 5.41) is 0.915. The number of aryl methyl sites for hydroxylation is 1. The van der Waals surface area contributed by atoms with Crippen molar-refractivity contribution in [2.24, 2.45) is 0 Å². The van der Waals surface area contributed by atoms with Gasteiger partial charge in [-0.25, -0.2) is 9.97 Å². The van der Waals surface area contributed by atoms with E-state index in [1.165, 1.54) is 0 Å². The van der Waals surface area contributed by atoms with Gasteiger partial charge < -0.3 is 0 Å². The van der Waals surface area contributed by atoms with Crippen LogP contribution in [-0.2, 0) is 0 Å². The Morgan fingerprint density at radius 3 is 2.09 bits per heavy atom. The molecule has 0 bridgehead atoms. The van der Waals surface area contributed by atoms with Crippen molar-refractivity contribution < 1.29 is 1.37 Å². The predicted octanol–water partition coefficient (Wildman–Crippen LogP) is 5.27. The van der Waals surface area contributed by atoms with Crippen LogP contribution in [0.25, 0.3) is 33.3 Å². The van der Waals surface area contributed by atoms with Crippen molar-refractivity contribution >= 4 is 10.9 Å². The van der Waals surface area contributed by atoms with E-state index in [0.717, 1.165) is 27.8 Å². The van der Waals surface area contributed by atoms with E-state index in [-0.39, 0.29) is 0 Å². The number of benzene rings is 3. The second kappa shape index (κ2) is 5.65. The third-order valence-electron chi connectivity index (χ3n) is 3.88. The highest BCUT2D eigenvalue weighted by molar-refractivity contribution is 5.95. The summed E-state index contributed by atoms with van der Waals surface area (Å²) in [5.74, 6) is 0.683. The highest BCUT2D eigenvalue weighted by Gasteiger charge is 2.09. The zero-order valence-corrected chi connectivity index (χ0v) is 12.8. The monoisotopic (exact) mass is 297 g/mol. The Labute approximate surface area is 136 Å². The molecule has 23 heavy (non-hydrogen) atoms. The van der Waals surface area contributed by atoms with Crippen molar-refractivity contribution in [1.29, 1.82) is 0 Å². The Bertz CT molecular complexity index is 1010. The van der Waals surface area contributed by atoms with Crippen LogP contribution in [0.4, 0.5) is 0 Å². The SMILES string of the molecule is [2H]c1cc(-c2ccccc2)cc2c(-c3ccccc3)nc(C)nc12. The van der Waals surface area contributed by atoms with E-state index in [0.29, 0.717) is 17.4 Å². The van der Waals surface area contributed by atoms with Crippen LogP contribution in [0.2, 0.25) is 0 Å². The van der Waals surface area contributed by atoms with Crippen LogP contribution in [0.3, 0.4) is 0 Å². The fourth-order valence-corrected chi connectivity index (χ4v) is 2.78. The number of hydrogen-bond acceptors (Lipinski definition) is 2. The van der Waals surface area contributed by atoms with Crippen LogP contribution >= 0.6 is 0 Å². The summed E-state index contributed by atoms with van der Waals surface area (Å²) in [5.41, 5.74) is 4.72. The van der Waals surface area contributed by atoms with Gasteiger partial charge in [0.25, 0.3) is 0 Å². The first-order chi connectivity index (χ1) is 11.7. The van der Waals surface area contributed by atoms with Crippen LogP contribution < -0.4 is 0 Å². The molecule has 0 N–H and O–H groups in total. The number of fused-ring (bicyclic) bond motifs is 1. The van der Waals surface area contributed by atoms with E-state index in [9.17, 15) is 0 Å². The van der Waals surface area contributed by atoms with Crippen LogP contribution in [0.5, 0.6) is 0 Å². The number of hydrogen-bond donors (Lipinski definition) is 0. The second-order valence-electron chi connectivity index (χ2n) is 5.50. The average Bonchev–Trinajstić information content (AvgIpc) is 2.63. The maximum absolute atomic E-state index is 8.42. The standard InChI is InChI=1S/C21H16N2/c1-15-22-20-13-12-18(16-8-4-2-5-9-16)14-19(20)21(23-15)17-10-6-3-7-11-17/h2-14H,1H3/i13D. The number of nitrogens with zero attached hydrogens (tertiary/aromatic N) is 2. The van der Waals surface area contributed by atoms with Gasteiger partial charge in [-0.3, -0.25) is 0 Å². The van der Waals surface area contributed by atoms with Crippen molar-refractivity contribution in [3.63, 3.8) is 0 Å². The Balaban J connectivity index is 2.04. The Hall–Kier alpha value is -3.00. The summed E-state index contributed by atoms with van der Waals surface area (Å²) in [7, 11) is 0. The van der Waals surface area contributed by atoms with Gasteiger partial charge in [0.05, 0.1) is 12.6 Å². The van der Waals surface area contributed by atoms with E-state index in [1.807, 2.05) is 61.5 Å². The van der Waals surface area contributed by atoms with Gasteiger partial charge >= 0.3 is 0 Å². The molecule has 4 rings (SSSR count). The molecule has 0 fully saturated rings. The largest absolute Gasteiger partial charge is 0.233 e. The highest BCUT2D eigenvalue weighted by Crippen LogP contribution is 2.30. The van der Waals surface area contributed by atoms with Gasteiger partial charge in [-0.1, -0.05) is 66.7 Å². The molecule has 0 aliphatic rings. The van der Waals surface area contributed by atoms with Gasteiger partial charge in [0.1, 0.15) is 5.82 Å². The molecule has 0 radical (unpaired) electrons. The lowest BCUT2D eigenvalue weighted by Gasteiger charge is -2.09. The highest BCUT2D eigenvalue weighted by atomic mass is 14.9. The minimum absolute atomic E-state index is 0.425. The summed E-state index contributed by atoms with van der Waals surface area (Å²) in [6, 6.07) is 24.6. The van der Waals surface area contributed by atoms with Gasteiger partial charge in [-0.2, -0.15) is 0 Å². The van der Waals surface area contributed by atoms with Gasteiger partial charge in [-0.05, 0) is 30.2 Å². The molecule has 0 aliphatic carbocycles. The molecular formula is C21H16N2. The maximum atomic E-state index is 8.42. The fourth-order valence-electron chi connectivity index (χ4n) is 2.78. The van der Waals surface area contributed by atoms with Gasteiger partial charge in [0.15, 0.2) is 0 Å². The molecule has 2 heteroatoms. The Kier molecular flexibility index (Phi) is 3.08. The third kappa shape index (κ3) is 2.59. The van der Waals surface area contributed by atoms with Gasteiger partial charge in [-0.15, -0.1) is 0 Å². The molecule has 0 spiro atoms. The number of aromatic nitrogens is 2. The zero-order chi connectivity index (χ0) is 16.5. The first-order valence-electron chi connectivity index (χ1n) is 8.12. The molecule has 4 aromatic rings. The second-order valence-corrected chi connectivity index (χ2v) is 5.50. The molecule has 1 aromatic heterocycles. The molecule has 0 saturated carbocycles. The van der Waals surface area contributed by atoms with Gasteiger partial charge in [0, 0.05) is 10.9 Å². The molecule has 0 aliphatic heterocycles. The van der Waals surface area contributed by atoms with Crippen molar-refractivity contribution in [2.45, 2.75) is 6.92 Å². The lowest BCUT2D eigenvalue weighted by Crippen LogP contribution is -1.94. The van der Waals surface area contributed by atoms with E-state index < -0.39 is 0 Å². The van der Waals surface area contributed by atoms with Gasteiger partial charge in [0.2, 0.25) is 0 Å². The first kappa shape index (κ1) is 12.5. The van der Waals surface area contributed by atoms with E-state index in [1.54, 1.807) is 0 Å². The molecule has 3 aromatic carbocycles. The fraction of sp³-hybridized carbons (Fsp3) is 0.0476. The van der Waals surface area contributed by atoms with Crippen LogP contribution in [-0.4, -0.2) is 9.97 Å². The molecule has 0 amide bonds. The molecule has 110 valence electrons. The lowest BCUT2D eigenvalue weighted by molar-refractivity contribution is 1.10. The normalized spacial score (nSPS) is 11.4. The van der Waals surface area contributed by atoms with Crippen molar-refractivity contribution in [3.8, 4) is 22.4 Å². The molecule has 2 nitrogen and oxygen atoms in total. The molecular weight excluding hydrogens is 280 g/mol. The Morgan fingerprint density at radius 1 is 0.739 bits per heavy atom. The van der Waals surface area contributed by atoms with Crippen LogP contribution in [0.15, 0.2) is 78.8 Å². The zero-order valence-electron chi connectivity index (χ0n) is 13.8. The summed E-state index contributed by atoms with van der Waals surface area (Å²) < 4.78 is 8.42. The maximum Gasteiger partial charge on any atom is 0.126 e. The molecule has 0 atom stereocenters. The summed E-state index contributed by atoms with van der Waals surface area (Å²) in [6.07, 6.45) is 0. The van der Waals surface area contributed by atoms with Crippen molar-refractivity contribution in [2.75, 3.05) is 0 Å². The average molecular weight is 297 g/mol. The minimum atomic E-state index is 0.425. The predicted molar refractivity (Wildman–Crippen MR) is 95.1 cm³/mol.